The van der Waals surface area contributed by atoms with E-state index < -0.39 is 0 Å². The molecule has 1 aromatic carbocycles. The summed E-state index contributed by atoms with van der Waals surface area (Å²) in [5.74, 6) is 0.362. The zero-order valence-electron chi connectivity index (χ0n) is 14.0. The van der Waals surface area contributed by atoms with Crippen molar-refractivity contribution in [3.05, 3.63) is 46.1 Å². The van der Waals surface area contributed by atoms with Crippen LogP contribution in [-0.2, 0) is 12.8 Å². The fourth-order valence-corrected chi connectivity index (χ4v) is 2.41. The lowest BCUT2D eigenvalue weighted by Gasteiger charge is -2.20. The van der Waals surface area contributed by atoms with Gasteiger partial charge in [0.25, 0.3) is 0 Å². The van der Waals surface area contributed by atoms with E-state index in [0.717, 1.165) is 29.7 Å². The van der Waals surface area contributed by atoms with Crippen LogP contribution in [0.5, 0.6) is 0 Å². The van der Waals surface area contributed by atoms with Gasteiger partial charge in [0.2, 0.25) is 5.95 Å². The van der Waals surface area contributed by atoms with Crippen molar-refractivity contribution in [1.29, 1.82) is 0 Å². The second-order valence-corrected chi connectivity index (χ2v) is 6.34. The van der Waals surface area contributed by atoms with Gasteiger partial charge in [-0.2, -0.15) is 4.98 Å². The first-order chi connectivity index (χ1) is 10.4. The number of anilines is 1. The maximum absolute atomic E-state index is 12.4. The van der Waals surface area contributed by atoms with E-state index in [4.69, 9.17) is 0 Å². The highest BCUT2D eigenvalue weighted by Crippen LogP contribution is 2.20. The Balaban J connectivity index is 2.53. The largest absolute Gasteiger partial charge is 0.356 e. The van der Waals surface area contributed by atoms with Gasteiger partial charge in [-0.15, -0.1) is 0 Å². The molecule has 5 heteroatoms. The van der Waals surface area contributed by atoms with Gasteiger partial charge >= 0.3 is 5.69 Å². The number of aryl methyl sites for hydroxylation is 2. The summed E-state index contributed by atoms with van der Waals surface area (Å²) < 4.78 is 1.55. The van der Waals surface area contributed by atoms with Crippen molar-refractivity contribution in [2.45, 2.75) is 53.0 Å². The summed E-state index contributed by atoms with van der Waals surface area (Å²) in [5, 5.41) is 3.12. The maximum Gasteiger partial charge on any atom is 0.356 e. The average molecular weight is 300 g/mol. The first kappa shape index (κ1) is 16.2. The number of nitrogens with zero attached hydrogens (tertiary/aromatic N) is 3. The lowest BCUT2D eigenvalue weighted by molar-refractivity contribution is 0.622. The molecule has 0 amide bonds. The molecule has 0 unspecified atom stereocenters. The molecule has 0 radical (unpaired) electrons. The Morgan fingerprint density at radius 3 is 2.18 bits per heavy atom. The Kier molecular flexibility index (Phi) is 4.64. The van der Waals surface area contributed by atoms with E-state index in [1.54, 1.807) is 10.9 Å². The molecular formula is C17H24N4O. The molecule has 2 aromatic rings. The fraction of sp³-hybridized carbons (Fsp3) is 0.471. The van der Waals surface area contributed by atoms with Crippen LogP contribution in [0.25, 0.3) is 5.69 Å². The third-order valence-electron chi connectivity index (χ3n) is 3.40. The fourth-order valence-electron chi connectivity index (χ4n) is 2.41. The zero-order chi connectivity index (χ0) is 16.3. The van der Waals surface area contributed by atoms with Gasteiger partial charge in [0, 0.05) is 5.54 Å². The molecule has 5 nitrogen and oxygen atoms in total. The number of hydrogen-bond acceptors (Lipinski definition) is 4. The van der Waals surface area contributed by atoms with E-state index >= 15 is 0 Å². The number of nitrogens with one attached hydrogen (secondary N) is 1. The molecule has 1 N–H and O–H groups in total. The van der Waals surface area contributed by atoms with Gasteiger partial charge in [-0.05, 0) is 44.7 Å². The number of para-hydroxylation sites is 1. The van der Waals surface area contributed by atoms with Crippen molar-refractivity contribution in [3.8, 4) is 5.69 Å². The predicted molar refractivity (Wildman–Crippen MR) is 89.8 cm³/mol. The normalized spacial score (nSPS) is 11.5. The number of benzene rings is 1. The van der Waals surface area contributed by atoms with Gasteiger partial charge in [-0.1, -0.05) is 32.0 Å². The molecule has 0 saturated carbocycles. The summed E-state index contributed by atoms with van der Waals surface area (Å²) in [7, 11) is 0. The molecule has 0 aliphatic heterocycles. The van der Waals surface area contributed by atoms with E-state index in [1.165, 1.54) is 0 Å². The van der Waals surface area contributed by atoms with Crippen LogP contribution in [0.2, 0.25) is 0 Å². The van der Waals surface area contributed by atoms with Crippen molar-refractivity contribution in [1.82, 2.24) is 14.5 Å². The highest BCUT2D eigenvalue weighted by Gasteiger charge is 2.14. The highest BCUT2D eigenvalue weighted by molar-refractivity contribution is 5.48. The molecule has 0 saturated heterocycles. The van der Waals surface area contributed by atoms with Crippen molar-refractivity contribution >= 4 is 5.95 Å². The molecule has 0 spiro atoms. The van der Waals surface area contributed by atoms with E-state index in [2.05, 4.69) is 29.1 Å². The summed E-state index contributed by atoms with van der Waals surface area (Å²) in [4.78, 5) is 20.8. The molecule has 2 rings (SSSR count). The van der Waals surface area contributed by atoms with Gasteiger partial charge in [0.1, 0.15) is 6.33 Å². The van der Waals surface area contributed by atoms with Gasteiger partial charge in [-0.3, -0.25) is 4.57 Å². The number of aromatic nitrogens is 3. The summed E-state index contributed by atoms with van der Waals surface area (Å²) in [5.41, 5.74) is 2.68. The van der Waals surface area contributed by atoms with Crippen LogP contribution in [0.15, 0.2) is 29.3 Å². The van der Waals surface area contributed by atoms with Crippen LogP contribution in [0.1, 0.15) is 45.7 Å². The second kappa shape index (κ2) is 6.30. The third kappa shape index (κ3) is 3.53. The van der Waals surface area contributed by atoms with Crippen molar-refractivity contribution in [2.75, 3.05) is 5.32 Å². The third-order valence-corrected chi connectivity index (χ3v) is 3.40. The van der Waals surface area contributed by atoms with Crippen molar-refractivity contribution in [3.63, 3.8) is 0 Å². The van der Waals surface area contributed by atoms with Crippen molar-refractivity contribution < 1.29 is 0 Å². The molecule has 0 aliphatic rings. The van der Waals surface area contributed by atoms with E-state index in [0.29, 0.717) is 5.95 Å². The molecule has 0 aliphatic carbocycles. The SMILES string of the molecule is CCc1cccc(CC)c1-n1cnc(NC(C)(C)C)nc1=O. The molecule has 1 heterocycles. The minimum Gasteiger partial charge on any atom is -0.349 e. The minimum atomic E-state index is -0.308. The Morgan fingerprint density at radius 2 is 1.73 bits per heavy atom. The molecule has 22 heavy (non-hydrogen) atoms. The first-order valence-corrected chi connectivity index (χ1v) is 7.70. The van der Waals surface area contributed by atoms with Crippen LogP contribution in [0, 0.1) is 0 Å². The van der Waals surface area contributed by atoms with Gasteiger partial charge in [0.05, 0.1) is 5.69 Å². The summed E-state index contributed by atoms with van der Waals surface area (Å²) in [6.45, 7) is 10.2. The Hall–Kier alpha value is -2.17. The lowest BCUT2D eigenvalue weighted by Crippen LogP contribution is -2.31. The van der Waals surface area contributed by atoms with E-state index in [1.807, 2.05) is 39.0 Å². The quantitative estimate of drug-likeness (QED) is 0.943. The smallest absolute Gasteiger partial charge is 0.349 e. The predicted octanol–water partition coefficient (Wildman–Crippen LogP) is 2.96. The number of hydrogen-bond donors (Lipinski definition) is 1. The van der Waals surface area contributed by atoms with Crippen LogP contribution < -0.4 is 11.0 Å². The Labute approximate surface area is 131 Å². The molecule has 0 atom stereocenters. The first-order valence-electron chi connectivity index (χ1n) is 7.70. The summed E-state index contributed by atoms with van der Waals surface area (Å²) in [6.07, 6.45) is 3.28. The monoisotopic (exact) mass is 300 g/mol. The van der Waals surface area contributed by atoms with E-state index in [-0.39, 0.29) is 11.2 Å². The summed E-state index contributed by atoms with van der Waals surface area (Å²) in [6, 6.07) is 6.12. The van der Waals surface area contributed by atoms with Crippen LogP contribution in [0.3, 0.4) is 0 Å². The Bertz CT molecular complexity index is 691. The van der Waals surface area contributed by atoms with Crippen LogP contribution in [-0.4, -0.2) is 20.1 Å². The van der Waals surface area contributed by atoms with Gasteiger partial charge in [0.15, 0.2) is 0 Å². The van der Waals surface area contributed by atoms with Crippen molar-refractivity contribution in [2.24, 2.45) is 0 Å². The molecular weight excluding hydrogens is 276 g/mol. The van der Waals surface area contributed by atoms with Crippen LogP contribution >= 0.6 is 0 Å². The number of rotatable bonds is 4. The van der Waals surface area contributed by atoms with Gasteiger partial charge in [-0.25, -0.2) is 9.78 Å². The molecule has 0 fully saturated rings. The molecule has 1 aromatic heterocycles. The zero-order valence-corrected chi connectivity index (χ0v) is 14.0. The molecule has 0 bridgehead atoms. The average Bonchev–Trinajstić information content (AvgIpc) is 2.45. The Morgan fingerprint density at radius 1 is 1.14 bits per heavy atom. The topological polar surface area (TPSA) is 59.8 Å². The maximum atomic E-state index is 12.4. The van der Waals surface area contributed by atoms with E-state index in [9.17, 15) is 4.79 Å². The summed E-state index contributed by atoms with van der Waals surface area (Å²) >= 11 is 0. The molecule has 118 valence electrons. The second-order valence-electron chi connectivity index (χ2n) is 6.34. The lowest BCUT2D eigenvalue weighted by atomic mass is 10.0. The van der Waals surface area contributed by atoms with Gasteiger partial charge < -0.3 is 5.32 Å². The standard InChI is InChI=1S/C17H24N4O/c1-6-12-9-8-10-13(7-2)14(12)21-11-18-15(19-16(21)22)20-17(3,4)5/h8-11H,6-7H2,1-5H3,(H,19,20,22). The van der Waals surface area contributed by atoms with Crippen LogP contribution in [0.4, 0.5) is 5.95 Å². The minimum absolute atomic E-state index is 0.186. The highest BCUT2D eigenvalue weighted by atomic mass is 16.1.